The lowest BCUT2D eigenvalue weighted by atomic mass is 10.3. The Morgan fingerprint density at radius 3 is 1.69 bits per heavy atom. The van der Waals surface area contributed by atoms with E-state index in [0.29, 0.717) is 0 Å². The van der Waals surface area contributed by atoms with Crippen LogP contribution >= 0.6 is 81.2 Å². The van der Waals surface area contributed by atoms with E-state index in [-0.39, 0.29) is 25.8 Å². The Morgan fingerprint density at radius 2 is 1.25 bits per heavy atom. The number of halogens is 7. The maximum atomic E-state index is 9.59. The first kappa shape index (κ1) is 14.9. The minimum atomic E-state index is -2.12. The highest BCUT2D eigenvalue weighted by atomic mass is 35.6. The summed E-state index contributed by atoms with van der Waals surface area (Å²) in [5.41, 5.74) is 0. The molecule has 1 aromatic rings. The molecule has 1 rings (SSSR count). The van der Waals surface area contributed by atoms with Crippen molar-refractivity contribution < 1.29 is 9.84 Å². The number of benzene rings is 1. The van der Waals surface area contributed by atoms with Crippen molar-refractivity contribution >= 4 is 81.2 Å². The first-order chi connectivity index (χ1) is 7.15. The summed E-state index contributed by atoms with van der Waals surface area (Å²) in [4.78, 5) is 0. The van der Waals surface area contributed by atoms with Gasteiger partial charge in [0, 0.05) is 0 Å². The fourth-order valence-corrected chi connectivity index (χ4v) is 1.90. The van der Waals surface area contributed by atoms with E-state index in [9.17, 15) is 5.11 Å². The first-order valence-corrected chi connectivity index (χ1v) is 6.10. The van der Waals surface area contributed by atoms with Gasteiger partial charge in [-0.25, -0.2) is 0 Å². The van der Waals surface area contributed by atoms with Gasteiger partial charge >= 0.3 is 3.98 Å². The zero-order valence-corrected chi connectivity index (χ0v) is 12.3. The number of ether oxygens (including phenoxy) is 1. The SMILES string of the molecule is Oc1c(Cl)c(Cl)c(Cl)c(Cl)c1OC(Cl)(Cl)Cl. The molecule has 0 heterocycles. The molecular formula is C7HCl7O2. The van der Waals surface area contributed by atoms with Gasteiger partial charge in [0.25, 0.3) is 0 Å². The Labute approximate surface area is 126 Å². The third-order valence-electron chi connectivity index (χ3n) is 1.42. The van der Waals surface area contributed by atoms with Gasteiger partial charge in [0.2, 0.25) is 0 Å². The van der Waals surface area contributed by atoms with Crippen LogP contribution in [0.2, 0.25) is 20.1 Å². The largest absolute Gasteiger partial charge is 0.503 e. The van der Waals surface area contributed by atoms with Crippen LogP contribution in [0.15, 0.2) is 0 Å². The fourth-order valence-electron chi connectivity index (χ4n) is 0.809. The van der Waals surface area contributed by atoms with E-state index in [2.05, 4.69) is 0 Å². The lowest BCUT2D eigenvalue weighted by molar-refractivity contribution is 0.301. The van der Waals surface area contributed by atoms with Crippen molar-refractivity contribution in [1.29, 1.82) is 0 Å². The number of phenols is 1. The lowest BCUT2D eigenvalue weighted by Gasteiger charge is -2.17. The van der Waals surface area contributed by atoms with Crippen LogP contribution in [0.4, 0.5) is 0 Å². The third-order valence-corrected chi connectivity index (χ3v) is 3.42. The molecule has 0 saturated heterocycles. The van der Waals surface area contributed by atoms with E-state index >= 15 is 0 Å². The summed E-state index contributed by atoms with van der Waals surface area (Å²) in [6.07, 6.45) is 0. The highest BCUT2D eigenvalue weighted by Crippen LogP contribution is 2.51. The molecule has 90 valence electrons. The van der Waals surface area contributed by atoms with Crippen LogP contribution in [0.3, 0.4) is 0 Å². The molecule has 0 fully saturated rings. The summed E-state index contributed by atoms with van der Waals surface area (Å²) < 4.78 is 2.64. The molecule has 9 heteroatoms. The van der Waals surface area contributed by atoms with E-state index in [4.69, 9.17) is 85.9 Å². The van der Waals surface area contributed by atoms with Crippen molar-refractivity contribution in [3.63, 3.8) is 0 Å². The van der Waals surface area contributed by atoms with Gasteiger partial charge in [-0.15, -0.1) is 0 Å². The molecule has 0 aliphatic rings. The van der Waals surface area contributed by atoms with Crippen molar-refractivity contribution in [1.82, 2.24) is 0 Å². The van der Waals surface area contributed by atoms with E-state index < -0.39 is 9.73 Å². The predicted molar refractivity (Wildman–Crippen MR) is 69.1 cm³/mol. The molecule has 0 atom stereocenters. The van der Waals surface area contributed by atoms with Gasteiger partial charge in [-0.2, -0.15) is 0 Å². The smallest absolute Gasteiger partial charge is 0.338 e. The van der Waals surface area contributed by atoms with E-state index in [1.165, 1.54) is 0 Å². The molecule has 1 aromatic carbocycles. The predicted octanol–water partition coefficient (Wildman–Crippen LogP) is 5.71. The van der Waals surface area contributed by atoms with E-state index in [1.807, 2.05) is 0 Å². The summed E-state index contributed by atoms with van der Waals surface area (Å²) in [5.74, 6) is -0.923. The lowest BCUT2D eigenvalue weighted by Crippen LogP contribution is -2.13. The van der Waals surface area contributed by atoms with Gasteiger partial charge in [0.05, 0.1) is 10.0 Å². The van der Waals surface area contributed by atoms with Crippen LogP contribution in [0.1, 0.15) is 0 Å². The Hall–Kier alpha value is 0.850. The highest BCUT2D eigenvalue weighted by molar-refractivity contribution is 6.66. The molecule has 2 nitrogen and oxygen atoms in total. The molecule has 0 aliphatic carbocycles. The molecule has 0 saturated carbocycles. The van der Waals surface area contributed by atoms with Crippen LogP contribution in [0.25, 0.3) is 0 Å². The average molecular weight is 365 g/mol. The molecule has 0 bridgehead atoms. The number of aromatic hydroxyl groups is 1. The van der Waals surface area contributed by atoms with Crippen molar-refractivity contribution in [3.05, 3.63) is 20.1 Å². The number of rotatable bonds is 1. The van der Waals surface area contributed by atoms with Gasteiger partial charge in [0.1, 0.15) is 10.0 Å². The quantitative estimate of drug-likeness (QED) is 0.392. The second kappa shape index (κ2) is 5.23. The number of phenolic OH excluding ortho intramolecular Hbond substituents is 1. The molecule has 0 amide bonds. The topological polar surface area (TPSA) is 29.5 Å². The fraction of sp³-hybridized carbons (Fsp3) is 0.143. The summed E-state index contributed by atoms with van der Waals surface area (Å²) in [6.45, 7) is 0. The molecule has 16 heavy (non-hydrogen) atoms. The van der Waals surface area contributed by atoms with E-state index in [0.717, 1.165) is 0 Å². The Morgan fingerprint density at radius 1 is 0.812 bits per heavy atom. The van der Waals surface area contributed by atoms with Crippen LogP contribution in [-0.4, -0.2) is 9.09 Å². The molecule has 0 radical (unpaired) electrons. The summed E-state index contributed by atoms with van der Waals surface area (Å²) >= 11 is 38.9. The van der Waals surface area contributed by atoms with Crippen molar-refractivity contribution in [2.75, 3.05) is 0 Å². The van der Waals surface area contributed by atoms with Gasteiger partial charge in [-0.1, -0.05) is 46.4 Å². The maximum absolute atomic E-state index is 9.59. The zero-order valence-electron chi connectivity index (χ0n) is 7.00. The molecule has 0 spiro atoms. The van der Waals surface area contributed by atoms with Gasteiger partial charge in [0.15, 0.2) is 11.5 Å². The molecule has 0 aromatic heterocycles. The minimum absolute atomic E-state index is 0.115. The van der Waals surface area contributed by atoms with Crippen LogP contribution in [0.5, 0.6) is 11.5 Å². The molecule has 0 unspecified atom stereocenters. The standard InChI is InChI=1S/C7HCl7O2/c8-1-2(9)4(11)6(5(15)3(1)10)16-7(12,13)14/h15H. The third kappa shape index (κ3) is 3.20. The maximum Gasteiger partial charge on any atom is 0.338 e. The molecule has 1 N–H and O–H groups in total. The number of alkyl halides is 3. The number of hydrogen-bond acceptors (Lipinski definition) is 2. The van der Waals surface area contributed by atoms with Crippen molar-refractivity contribution in [2.24, 2.45) is 0 Å². The van der Waals surface area contributed by atoms with Crippen LogP contribution < -0.4 is 4.74 Å². The van der Waals surface area contributed by atoms with Crippen LogP contribution in [-0.2, 0) is 0 Å². The Bertz CT molecular complexity index is 397. The summed E-state index contributed by atoms with van der Waals surface area (Å²) in [6, 6.07) is 0. The number of hydrogen-bond donors (Lipinski definition) is 1. The van der Waals surface area contributed by atoms with E-state index in [1.54, 1.807) is 0 Å². The monoisotopic (exact) mass is 362 g/mol. The average Bonchev–Trinajstić information content (AvgIpc) is 2.17. The summed E-state index contributed by atoms with van der Waals surface area (Å²) in [5, 5.41) is 8.89. The Balaban J connectivity index is 3.40. The van der Waals surface area contributed by atoms with Crippen LogP contribution in [0, 0.1) is 0 Å². The van der Waals surface area contributed by atoms with Crippen molar-refractivity contribution in [3.8, 4) is 11.5 Å². The zero-order chi connectivity index (χ0) is 12.7. The molecular weight excluding hydrogens is 364 g/mol. The Kier molecular flexibility index (Phi) is 4.87. The van der Waals surface area contributed by atoms with Gasteiger partial charge in [-0.05, 0) is 34.8 Å². The summed E-state index contributed by atoms with van der Waals surface area (Å²) in [7, 11) is 0. The minimum Gasteiger partial charge on any atom is -0.503 e. The van der Waals surface area contributed by atoms with Gasteiger partial charge in [-0.3, -0.25) is 0 Å². The molecule has 0 aliphatic heterocycles. The second-order valence-electron chi connectivity index (χ2n) is 2.48. The van der Waals surface area contributed by atoms with Gasteiger partial charge < -0.3 is 9.84 Å². The second-order valence-corrected chi connectivity index (χ2v) is 6.17. The van der Waals surface area contributed by atoms with Crippen molar-refractivity contribution in [2.45, 2.75) is 3.98 Å². The first-order valence-electron chi connectivity index (χ1n) is 3.45. The highest BCUT2D eigenvalue weighted by Gasteiger charge is 2.29. The normalized spacial score (nSPS) is 11.7.